The Morgan fingerprint density at radius 1 is 0.224 bits per heavy atom. The molecule has 4 heteroatoms. The van der Waals surface area contributed by atoms with E-state index in [1.165, 1.54) is 158 Å². The van der Waals surface area contributed by atoms with Crippen LogP contribution < -0.4 is 16.4 Å². The zero-order chi connectivity index (χ0) is 67.1. The summed E-state index contributed by atoms with van der Waals surface area (Å²) in [6, 6.07) is 104. The fourth-order valence-electron chi connectivity index (χ4n) is 16.8. The third-order valence-electron chi connectivity index (χ3n) is 21.9. The minimum atomic E-state index is -0.293. The Bertz CT molecular complexity index is 5910. The first-order valence-corrected chi connectivity index (χ1v) is 35.2. The maximum Gasteiger partial charge on any atom is 0.252 e. The summed E-state index contributed by atoms with van der Waals surface area (Å²) in [5, 5.41) is 16.9. The highest BCUT2D eigenvalue weighted by Gasteiger charge is 2.41. The number of aromatic nitrogens is 3. The summed E-state index contributed by atoms with van der Waals surface area (Å²) in [4.78, 5) is 0. The number of fused-ring (bicyclic) bond motifs is 21. The normalized spacial score (nSPS) is 13.1. The predicted octanol–water partition coefficient (Wildman–Crippen LogP) is 23.5. The Morgan fingerprint density at radius 3 is 0.888 bits per heavy atom. The van der Waals surface area contributed by atoms with Crippen molar-refractivity contribution in [2.45, 2.75) is 105 Å². The Morgan fingerprint density at radius 2 is 0.531 bits per heavy atom. The average Bonchev–Trinajstić information content (AvgIpc) is 1.01. The summed E-state index contributed by atoms with van der Waals surface area (Å²) in [5.74, 6) is 0. The standard InChI is InChI=1S/C94H80BN3/c1-91(2,3)61-29-25-27-57(47-61)59-49-78-72-37-19-15-33-68(72)66-31-13-17-35-70(66)76-53-63(93(7,8)9)43-45-84(76)97-86-55-65(96-82-41-23-21-39-74(82)75-40-22-24-42-83(75)96)56-87-88(86)95(80(51-59)89(78)97)81-52-60(58-28-26-30-62(48-58)92(4,5)6)50-79-73-38-20-16-34-69(73)67-32-14-18-36-71(67)77-54-64(94(10,11)12)44-46-85(77)98(87)90(79)81/h13-56H,1-12H3. The van der Waals surface area contributed by atoms with Crippen LogP contribution in [0.3, 0.4) is 0 Å². The van der Waals surface area contributed by atoms with Gasteiger partial charge in [-0.1, -0.05) is 289 Å². The molecule has 0 bridgehead atoms. The van der Waals surface area contributed by atoms with Gasteiger partial charge in [-0.05, 0) is 186 Å². The molecule has 0 atom stereocenters. The number of nitrogens with zero attached hydrogens (tertiary/aromatic N) is 3. The van der Waals surface area contributed by atoms with Crippen molar-refractivity contribution in [1.29, 1.82) is 0 Å². The van der Waals surface area contributed by atoms with Crippen LogP contribution in [-0.2, 0) is 21.7 Å². The second kappa shape index (κ2) is 21.4. The summed E-state index contributed by atoms with van der Waals surface area (Å²) in [6.07, 6.45) is 0. The lowest BCUT2D eigenvalue weighted by molar-refractivity contribution is 0.590. The molecule has 13 aromatic carbocycles. The highest BCUT2D eigenvalue weighted by Crippen LogP contribution is 2.45. The lowest BCUT2D eigenvalue weighted by Gasteiger charge is -2.37. The van der Waals surface area contributed by atoms with Crippen molar-refractivity contribution in [2.75, 3.05) is 0 Å². The second-order valence-electron chi connectivity index (χ2n) is 32.1. The molecule has 0 aliphatic carbocycles. The molecule has 0 saturated heterocycles. The van der Waals surface area contributed by atoms with Crippen LogP contribution in [0.25, 0.3) is 148 Å². The van der Waals surface area contributed by atoms with Crippen LogP contribution in [0.2, 0.25) is 0 Å². The molecule has 18 rings (SSSR count). The molecule has 0 N–H and O–H groups in total. The molecule has 3 aromatic heterocycles. The number of benzene rings is 13. The zero-order valence-corrected chi connectivity index (χ0v) is 58.3. The van der Waals surface area contributed by atoms with E-state index in [-0.39, 0.29) is 28.4 Å². The van der Waals surface area contributed by atoms with Crippen molar-refractivity contribution >= 4 is 132 Å². The van der Waals surface area contributed by atoms with Crippen LogP contribution in [0.5, 0.6) is 0 Å². The SMILES string of the molecule is CC(C)(C)c1cccc(-c2cc3c4c(c2)c2ccccc2c2ccccc2c2cc(C(C)(C)C)ccc2n4-c2cc(-n4c5ccccc5c5ccccc54)cc4c2B3c2cc(-c3cccc(C(C)(C)C)c3)cc3c5ccccc5c5ccccc5c5cc(C(C)(C)C)ccc5n-4c23)c1. The van der Waals surface area contributed by atoms with Crippen molar-refractivity contribution in [1.82, 2.24) is 13.7 Å². The highest BCUT2D eigenvalue weighted by atomic mass is 15.1. The summed E-state index contributed by atoms with van der Waals surface area (Å²) < 4.78 is 8.07. The van der Waals surface area contributed by atoms with E-state index in [4.69, 9.17) is 0 Å². The van der Waals surface area contributed by atoms with Crippen LogP contribution in [0.1, 0.15) is 105 Å². The van der Waals surface area contributed by atoms with Gasteiger partial charge in [0.1, 0.15) is 0 Å². The van der Waals surface area contributed by atoms with Gasteiger partial charge in [0.15, 0.2) is 0 Å². The van der Waals surface area contributed by atoms with E-state index in [2.05, 4.69) is 364 Å². The summed E-state index contributed by atoms with van der Waals surface area (Å²) in [7, 11) is 0. The molecule has 2 aliphatic heterocycles. The van der Waals surface area contributed by atoms with Gasteiger partial charge in [0.2, 0.25) is 0 Å². The van der Waals surface area contributed by atoms with Gasteiger partial charge < -0.3 is 13.7 Å². The van der Waals surface area contributed by atoms with Gasteiger partial charge in [0.05, 0.1) is 27.8 Å². The Labute approximate surface area is 575 Å². The quantitative estimate of drug-likeness (QED) is 0.157. The molecule has 0 radical (unpaired) electrons. The third-order valence-corrected chi connectivity index (χ3v) is 21.9. The Kier molecular flexibility index (Phi) is 13.1. The largest absolute Gasteiger partial charge is 0.310 e. The van der Waals surface area contributed by atoms with Crippen LogP contribution in [0.4, 0.5) is 0 Å². The van der Waals surface area contributed by atoms with Crippen molar-refractivity contribution in [3.05, 3.63) is 289 Å². The average molecular weight is 1260 g/mol. The van der Waals surface area contributed by atoms with Gasteiger partial charge in [-0.2, -0.15) is 0 Å². The number of para-hydroxylation sites is 2. The molecule has 0 spiro atoms. The molecular formula is C94H80BN3. The lowest BCUT2D eigenvalue weighted by Crippen LogP contribution is -2.60. The molecule has 16 aromatic rings. The minimum Gasteiger partial charge on any atom is -0.310 e. The molecule has 3 nitrogen and oxygen atoms in total. The van der Waals surface area contributed by atoms with E-state index in [0.717, 1.165) is 28.1 Å². The maximum atomic E-state index is 2.75. The van der Waals surface area contributed by atoms with Crippen molar-refractivity contribution in [2.24, 2.45) is 0 Å². The number of hydrogen-bond acceptors (Lipinski definition) is 0. The van der Waals surface area contributed by atoms with E-state index < -0.39 is 0 Å². The van der Waals surface area contributed by atoms with Gasteiger partial charge in [0, 0.05) is 54.7 Å². The van der Waals surface area contributed by atoms with Gasteiger partial charge in [0.25, 0.3) is 6.71 Å². The van der Waals surface area contributed by atoms with Crippen molar-refractivity contribution in [3.63, 3.8) is 0 Å². The molecule has 0 unspecified atom stereocenters. The predicted molar refractivity (Wildman–Crippen MR) is 425 cm³/mol. The Hall–Kier alpha value is -10.7. The van der Waals surface area contributed by atoms with E-state index in [0.29, 0.717) is 0 Å². The number of hydrogen-bond donors (Lipinski definition) is 0. The van der Waals surface area contributed by atoms with E-state index >= 15 is 0 Å². The molecule has 2 aliphatic rings. The fourth-order valence-corrected chi connectivity index (χ4v) is 16.8. The van der Waals surface area contributed by atoms with Crippen LogP contribution >= 0.6 is 0 Å². The first-order chi connectivity index (χ1) is 47.2. The van der Waals surface area contributed by atoms with Crippen LogP contribution in [0, 0.1) is 0 Å². The van der Waals surface area contributed by atoms with Gasteiger partial charge in [-0.25, -0.2) is 0 Å². The molecule has 0 amide bonds. The Balaban J connectivity index is 1.18. The first kappa shape index (κ1) is 59.8. The summed E-state index contributed by atoms with van der Waals surface area (Å²) in [6.45, 7) is 27.9. The topological polar surface area (TPSA) is 14.8 Å². The second-order valence-corrected chi connectivity index (χ2v) is 32.1. The van der Waals surface area contributed by atoms with Crippen LogP contribution in [0.15, 0.2) is 267 Å². The molecule has 474 valence electrons. The van der Waals surface area contributed by atoms with Crippen molar-refractivity contribution in [3.8, 4) is 39.3 Å². The number of rotatable bonds is 3. The third kappa shape index (κ3) is 9.16. The van der Waals surface area contributed by atoms with Crippen LogP contribution in [-0.4, -0.2) is 20.4 Å². The molecule has 0 saturated carbocycles. The zero-order valence-electron chi connectivity index (χ0n) is 58.3. The van der Waals surface area contributed by atoms with E-state index in [1.54, 1.807) is 0 Å². The lowest BCUT2D eigenvalue weighted by atomic mass is 9.34. The molecule has 0 fully saturated rings. The molecule has 98 heavy (non-hydrogen) atoms. The maximum absolute atomic E-state index is 2.75. The fraction of sp³-hybridized carbons (Fsp3) is 0.170. The van der Waals surface area contributed by atoms with Gasteiger partial charge in [-0.15, -0.1) is 0 Å². The van der Waals surface area contributed by atoms with E-state index in [9.17, 15) is 0 Å². The smallest absolute Gasteiger partial charge is 0.252 e. The molecular weight excluding hydrogens is 1180 g/mol. The van der Waals surface area contributed by atoms with E-state index in [1.807, 2.05) is 0 Å². The van der Waals surface area contributed by atoms with Crippen molar-refractivity contribution < 1.29 is 0 Å². The highest BCUT2D eigenvalue weighted by molar-refractivity contribution is 7.00. The summed E-state index contributed by atoms with van der Waals surface area (Å²) in [5.41, 5.74) is 23.8. The summed E-state index contributed by atoms with van der Waals surface area (Å²) >= 11 is 0. The monoisotopic (exact) mass is 1260 g/mol. The minimum absolute atomic E-state index is 0.0805. The molecule has 5 heterocycles. The first-order valence-electron chi connectivity index (χ1n) is 35.2. The van der Waals surface area contributed by atoms with Gasteiger partial charge >= 0.3 is 0 Å². The van der Waals surface area contributed by atoms with Gasteiger partial charge in [-0.3, -0.25) is 0 Å².